The zero-order valence-electron chi connectivity index (χ0n) is 11.5. The third kappa shape index (κ3) is 2.25. The van der Waals surface area contributed by atoms with Gasteiger partial charge in [0.2, 0.25) is 0 Å². The normalized spacial score (nSPS) is 15.1. The highest BCUT2D eigenvalue weighted by Crippen LogP contribution is 2.23. The van der Waals surface area contributed by atoms with Crippen molar-refractivity contribution in [3.05, 3.63) is 41.2 Å². The van der Waals surface area contributed by atoms with E-state index in [0.717, 1.165) is 30.9 Å². The molecule has 5 nitrogen and oxygen atoms in total. The Labute approximate surface area is 118 Å². The molecule has 3 rings (SSSR count). The number of rotatable bonds is 2. The van der Waals surface area contributed by atoms with E-state index in [4.69, 9.17) is 0 Å². The third-order valence-electron chi connectivity index (χ3n) is 3.62. The van der Waals surface area contributed by atoms with Gasteiger partial charge >= 0.3 is 0 Å². The Hall–Kier alpha value is -1.66. The van der Waals surface area contributed by atoms with Crippen molar-refractivity contribution in [2.45, 2.75) is 24.8 Å². The topological polar surface area (TPSA) is 64.0 Å². The Morgan fingerprint density at radius 1 is 1.35 bits per heavy atom. The molecule has 0 spiro atoms. The van der Waals surface area contributed by atoms with Gasteiger partial charge in [-0.15, -0.1) is 0 Å². The lowest BCUT2D eigenvalue weighted by molar-refractivity contribution is 0.601. The van der Waals surface area contributed by atoms with Gasteiger partial charge in [-0.05, 0) is 25.1 Å². The highest BCUT2D eigenvalue weighted by molar-refractivity contribution is 7.90. The summed E-state index contributed by atoms with van der Waals surface area (Å²) in [7, 11) is -3.20. The van der Waals surface area contributed by atoms with E-state index in [-0.39, 0.29) is 0 Å². The minimum Gasteiger partial charge on any atom is -0.312 e. The number of fused-ring (bicyclic) bond motifs is 1. The summed E-state index contributed by atoms with van der Waals surface area (Å²) in [6.45, 7) is 3.74. The minimum atomic E-state index is -3.20. The molecular formula is C14H17N3O2S. The van der Waals surface area contributed by atoms with Crippen LogP contribution in [0.2, 0.25) is 0 Å². The van der Waals surface area contributed by atoms with Gasteiger partial charge in [0.05, 0.1) is 22.0 Å². The highest BCUT2D eigenvalue weighted by Gasteiger charge is 2.19. The number of nitrogens with one attached hydrogen (secondary N) is 1. The zero-order valence-corrected chi connectivity index (χ0v) is 12.4. The lowest BCUT2D eigenvalue weighted by Gasteiger charge is -2.15. The lowest BCUT2D eigenvalue weighted by atomic mass is 10.1. The summed E-state index contributed by atoms with van der Waals surface area (Å²) in [6.07, 6.45) is 2.12. The summed E-state index contributed by atoms with van der Waals surface area (Å²) in [4.78, 5) is 0.325. The number of sulfone groups is 1. The van der Waals surface area contributed by atoms with Crippen LogP contribution in [0.1, 0.15) is 17.0 Å². The van der Waals surface area contributed by atoms with Crippen LogP contribution in [0.4, 0.5) is 0 Å². The molecule has 1 N–H and O–H groups in total. The first-order chi connectivity index (χ1) is 9.47. The lowest BCUT2D eigenvalue weighted by Crippen LogP contribution is -2.24. The Bertz CT molecular complexity index is 763. The molecule has 1 aliphatic heterocycles. The molecule has 0 unspecified atom stereocenters. The van der Waals surface area contributed by atoms with Crippen LogP contribution in [-0.4, -0.2) is 31.0 Å². The molecule has 0 fully saturated rings. The van der Waals surface area contributed by atoms with Gasteiger partial charge in [0.1, 0.15) is 0 Å². The molecule has 1 aromatic heterocycles. The van der Waals surface area contributed by atoms with Gasteiger partial charge in [-0.3, -0.25) is 0 Å². The van der Waals surface area contributed by atoms with E-state index in [1.165, 1.54) is 17.5 Å². The van der Waals surface area contributed by atoms with Gasteiger partial charge in [-0.1, -0.05) is 6.07 Å². The zero-order chi connectivity index (χ0) is 14.3. The Morgan fingerprint density at radius 2 is 2.15 bits per heavy atom. The Balaban J connectivity index is 2.15. The summed E-state index contributed by atoms with van der Waals surface area (Å²) in [5, 5.41) is 7.90. The average molecular weight is 291 g/mol. The molecule has 106 valence electrons. The van der Waals surface area contributed by atoms with E-state index in [1.54, 1.807) is 18.2 Å². The van der Waals surface area contributed by atoms with Crippen molar-refractivity contribution in [1.82, 2.24) is 15.1 Å². The van der Waals surface area contributed by atoms with Crippen LogP contribution in [0.25, 0.3) is 5.69 Å². The Kier molecular flexibility index (Phi) is 3.14. The fourth-order valence-corrected chi connectivity index (χ4v) is 3.23. The molecule has 6 heteroatoms. The summed E-state index contributed by atoms with van der Waals surface area (Å²) < 4.78 is 25.2. The number of benzene rings is 1. The average Bonchev–Trinajstić information content (AvgIpc) is 2.76. The van der Waals surface area contributed by atoms with Crippen molar-refractivity contribution in [3.63, 3.8) is 0 Å². The van der Waals surface area contributed by atoms with Crippen molar-refractivity contribution in [1.29, 1.82) is 0 Å². The highest BCUT2D eigenvalue weighted by atomic mass is 32.2. The molecule has 1 aromatic carbocycles. The number of hydrogen-bond donors (Lipinski definition) is 1. The molecule has 2 heterocycles. The van der Waals surface area contributed by atoms with Crippen molar-refractivity contribution >= 4 is 9.84 Å². The fourth-order valence-electron chi connectivity index (χ4n) is 2.57. The van der Waals surface area contributed by atoms with Crippen molar-refractivity contribution in [2.24, 2.45) is 0 Å². The van der Waals surface area contributed by atoms with Crippen molar-refractivity contribution < 1.29 is 8.42 Å². The second-order valence-corrected chi connectivity index (χ2v) is 7.13. The van der Waals surface area contributed by atoms with Crippen LogP contribution in [0.15, 0.2) is 29.2 Å². The predicted molar refractivity (Wildman–Crippen MR) is 76.8 cm³/mol. The van der Waals surface area contributed by atoms with E-state index >= 15 is 0 Å². The molecule has 0 saturated carbocycles. The number of nitrogens with zero attached hydrogens (tertiary/aromatic N) is 2. The van der Waals surface area contributed by atoms with Gasteiger partial charge < -0.3 is 5.32 Å². The standard InChI is InChI=1S/C14H17N3O2S/c1-10-13-9-15-7-6-14(13)17(16-10)11-4-3-5-12(8-11)20(2,18)19/h3-5,8,15H,6-7,9H2,1-2H3. The summed E-state index contributed by atoms with van der Waals surface area (Å²) in [6, 6.07) is 6.95. The second kappa shape index (κ2) is 4.71. The first-order valence-corrected chi connectivity index (χ1v) is 8.44. The molecule has 1 aliphatic rings. The SMILES string of the molecule is Cc1nn(-c2cccc(S(C)(=O)=O)c2)c2c1CNCC2. The number of aryl methyl sites for hydroxylation is 1. The molecule has 0 bridgehead atoms. The molecule has 0 radical (unpaired) electrons. The molecule has 0 atom stereocenters. The second-order valence-electron chi connectivity index (χ2n) is 5.12. The molecule has 2 aromatic rings. The van der Waals surface area contributed by atoms with Gasteiger partial charge in [0.15, 0.2) is 9.84 Å². The maximum Gasteiger partial charge on any atom is 0.175 e. The number of hydrogen-bond acceptors (Lipinski definition) is 4. The van der Waals surface area contributed by atoms with E-state index in [2.05, 4.69) is 10.4 Å². The van der Waals surface area contributed by atoms with E-state index < -0.39 is 9.84 Å². The monoisotopic (exact) mass is 291 g/mol. The fraction of sp³-hybridized carbons (Fsp3) is 0.357. The third-order valence-corrected chi connectivity index (χ3v) is 4.73. The van der Waals surface area contributed by atoms with Crippen molar-refractivity contribution in [2.75, 3.05) is 12.8 Å². The van der Waals surface area contributed by atoms with E-state index in [9.17, 15) is 8.42 Å². The first-order valence-electron chi connectivity index (χ1n) is 6.55. The summed E-state index contributed by atoms with van der Waals surface area (Å²) in [5.41, 5.74) is 4.20. The molecule has 0 aliphatic carbocycles. The first kappa shape index (κ1) is 13.3. The molecular weight excluding hydrogens is 274 g/mol. The molecule has 0 saturated heterocycles. The van der Waals surface area contributed by atoms with Crippen LogP contribution in [-0.2, 0) is 22.8 Å². The quantitative estimate of drug-likeness (QED) is 0.904. The molecule has 20 heavy (non-hydrogen) atoms. The van der Waals surface area contributed by atoms with Gasteiger partial charge in [0.25, 0.3) is 0 Å². The van der Waals surface area contributed by atoms with Crippen LogP contribution in [0.3, 0.4) is 0 Å². The van der Waals surface area contributed by atoms with E-state index in [0.29, 0.717) is 4.90 Å². The van der Waals surface area contributed by atoms with Gasteiger partial charge in [-0.25, -0.2) is 13.1 Å². The molecule has 0 amide bonds. The van der Waals surface area contributed by atoms with Crippen molar-refractivity contribution in [3.8, 4) is 5.69 Å². The van der Waals surface area contributed by atoms with Gasteiger partial charge in [0, 0.05) is 31.3 Å². The van der Waals surface area contributed by atoms with E-state index in [1.807, 2.05) is 17.7 Å². The maximum atomic E-state index is 11.7. The summed E-state index contributed by atoms with van der Waals surface area (Å²) >= 11 is 0. The summed E-state index contributed by atoms with van der Waals surface area (Å²) in [5.74, 6) is 0. The predicted octanol–water partition coefficient (Wildman–Crippen LogP) is 1.23. The smallest absolute Gasteiger partial charge is 0.175 e. The van der Waals surface area contributed by atoms with Crippen LogP contribution in [0, 0.1) is 6.92 Å². The van der Waals surface area contributed by atoms with Gasteiger partial charge in [-0.2, -0.15) is 5.10 Å². The van der Waals surface area contributed by atoms with Crippen LogP contribution in [0.5, 0.6) is 0 Å². The van der Waals surface area contributed by atoms with Crippen LogP contribution >= 0.6 is 0 Å². The van der Waals surface area contributed by atoms with Crippen LogP contribution < -0.4 is 5.32 Å². The maximum absolute atomic E-state index is 11.7. The largest absolute Gasteiger partial charge is 0.312 e. The Morgan fingerprint density at radius 3 is 2.90 bits per heavy atom. The number of aromatic nitrogens is 2. The minimum absolute atomic E-state index is 0.325.